The summed E-state index contributed by atoms with van der Waals surface area (Å²) in [5.41, 5.74) is 8.59. The van der Waals surface area contributed by atoms with Crippen LogP contribution in [0, 0.1) is 0 Å². The molecule has 1 aromatic rings. The van der Waals surface area contributed by atoms with Crippen LogP contribution in [0.25, 0.3) is 0 Å². The number of rotatable bonds is 9. The second-order valence-electron chi connectivity index (χ2n) is 5.79. The standard InChI is InChI=1S/C20H28N4S/c1-4-17-14-18(20(25-17)22-5-2)19(21)23-12-13-24(6-3)15-16-10-8-7-9-11-16/h5,7-11,14,23H,2,4,6,12-13,15,21H2,1,3H3/b19-18+,22-20+. The van der Waals surface area contributed by atoms with Crippen molar-refractivity contribution in [3.63, 3.8) is 0 Å². The lowest BCUT2D eigenvalue weighted by molar-refractivity contribution is 0.282. The van der Waals surface area contributed by atoms with Crippen LogP contribution in [0.5, 0.6) is 0 Å². The highest BCUT2D eigenvalue weighted by Gasteiger charge is 2.19. The fraction of sp³-hybridized carbons (Fsp3) is 0.350. The van der Waals surface area contributed by atoms with Gasteiger partial charge >= 0.3 is 0 Å². The molecule has 0 bridgehead atoms. The van der Waals surface area contributed by atoms with E-state index >= 15 is 0 Å². The summed E-state index contributed by atoms with van der Waals surface area (Å²) in [6.07, 6.45) is 4.68. The molecule has 0 amide bonds. The zero-order chi connectivity index (χ0) is 18.1. The third-order valence-electron chi connectivity index (χ3n) is 4.05. The molecule has 3 N–H and O–H groups in total. The number of hydrogen-bond acceptors (Lipinski definition) is 5. The first-order valence-electron chi connectivity index (χ1n) is 8.75. The molecular weight excluding hydrogens is 328 g/mol. The van der Waals surface area contributed by atoms with Crippen molar-refractivity contribution >= 4 is 16.8 Å². The van der Waals surface area contributed by atoms with Crippen molar-refractivity contribution in [1.82, 2.24) is 10.2 Å². The molecule has 1 heterocycles. The van der Waals surface area contributed by atoms with E-state index in [0.29, 0.717) is 5.82 Å². The highest BCUT2D eigenvalue weighted by atomic mass is 32.2. The highest BCUT2D eigenvalue weighted by molar-refractivity contribution is 8.18. The summed E-state index contributed by atoms with van der Waals surface area (Å²) in [6, 6.07) is 10.5. The average molecular weight is 357 g/mol. The Morgan fingerprint density at radius 2 is 2.08 bits per heavy atom. The van der Waals surface area contributed by atoms with Crippen molar-refractivity contribution in [3.05, 3.63) is 71.0 Å². The van der Waals surface area contributed by atoms with Gasteiger partial charge in [-0.1, -0.05) is 62.5 Å². The minimum Gasteiger partial charge on any atom is -0.385 e. The maximum Gasteiger partial charge on any atom is 0.111 e. The van der Waals surface area contributed by atoms with E-state index in [2.05, 4.69) is 66.0 Å². The second-order valence-corrected chi connectivity index (χ2v) is 6.91. The molecule has 0 radical (unpaired) electrons. The number of hydrogen-bond donors (Lipinski definition) is 2. The fourth-order valence-corrected chi connectivity index (χ4v) is 3.59. The number of aliphatic imine (C=N–C) groups is 1. The average Bonchev–Trinajstić information content (AvgIpc) is 3.05. The Labute approximate surface area is 155 Å². The predicted octanol–water partition coefficient (Wildman–Crippen LogP) is 3.85. The third kappa shape index (κ3) is 5.80. The Bertz CT molecular complexity index is 662. The molecule has 0 atom stereocenters. The van der Waals surface area contributed by atoms with E-state index in [-0.39, 0.29) is 0 Å². The van der Waals surface area contributed by atoms with E-state index in [4.69, 9.17) is 5.73 Å². The molecule has 1 aliphatic rings. The Hall–Kier alpha value is -1.98. The van der Waals surface area contributed by atoms with Gasteiger partial charge in [-0.15, -0.1) is 0 Å². The molecule has 5 heteroatoms. The van der Waals surface area contributed by atoms with E-state index in [1.54, 1.807) is 18.0 Å². The van der Waals surface area contributed by atoms with E-state index in [1.807, 2.05) is 6.07 Å². The molecule has 0 spiro atoms. The Morgan fingerprint density at radius 1 is 1.32 bits per heavy atom. The number of nitrogens with one attached hydrogen (secondary N) is 1. The van der Waals surface area contributed by atoms with Gasteiger partial charge in [0, 0.05) is 31.4 Å². The second kappa shape index (κ2) is 10.1. The highest BCUT2D eigenvalue weighted by Crippen LogP contribution is 2.34. The molecule has 2 rings (SSSR count). The first-order valence-corrected chi connectivity index (χ1v) is 9.57. The van der Waals surface area contributed by atoms with Gasteiger partial charge in [0.1, 0.15) is 10.9 Å². The van der Waals surface area contributed by atoms with Crippen molar-refractivity contribution < 1.29 is 0 Å². The summed E-state index contributed by atoms with van der Waals surface area (Å²) >= 11 is 1.67. The maximum absolute atomic E-state index is 6.27. The van der Waals surface area contributed by atoms with Crippen molar-refractivity contribution in [2.75, 3.05) is 19.6 Å². The van der Waals surface area contributed by atoms with Gasteiger partial charge in [-0.3, -0.25) is 4.90 Å². The zero-order valence-corrected chi connectivity index (χ0v) is 16.0. The van der Waals surface area contributed by atoms with Crippen molar-refractivity contribution in [2.24, 2.45) is 10.7 Å². The lowest BCUT2D eigenvalue weighted by Crippen LogP contribution is -2.33. The van der Waals surface area contributed by atoms with Crippen molar-refractivity contribution in [1.29, 1.82) is 0 Å². The molecule has 0 aromatic heterocycles. The number of nitrogens with two attached hydrogens (primary N) is 1. The van der Waals surface area contributed by atoms with Crippen LogP contribution in [-0.4, -0.2) is 29.6 Å². The van der Waals surface area contributed by atoms with Crippen LogP contribution in [0.15, 0.2) is 70.5 Å². The minimum atomic E-state index is 0.687. The molecule has 1 aliphatic heterocycles. The SMILES string of the molecule is C=C/N=C1/SC(CC)=C/C1=C(/N)NCCN(CC)Cc1ccccc1. The van der Waals surface area contributed by atoms with Gasteiger partial charge in [0.2, 0.25) is 0 Å². The van der Waals surface area contributed by atoms with Crippen LogP contribution in [0.4, 0.5) is 0 Å². The monoisotopic (exact) mass is 356 g/mol. The van der Waals surface area contributed by atoms with Crippen LogP contribution in [0.2, 0.25) is 0 Å². The molecule has 134 valence electrons. The zero-order valence-electron chi connectivity index (χ0n) is 15.2. The number of likely N-dealkylation sites (N-methyl/N-ethyl adjacent to an activating group) is 1. The Balaban J connectivity index is 1.93. The van der Waals surface area contributed by atoms with Gasteiger partial charge < -0.3 is 11.1 Å². The van der Waals surface area contributed by atoms with Crippen molar-refractivity contribution in [2.45, 2.75) is 26.8 Å². The van der Waals surface area contributed by atoms with E-state index in [1.165, 1.54) is 10.5 Å². The lowest BCUT2D eigenvalue weighted by atomic mass is 10.2. The molecule has 0 saturated heterocycles. The molecular formula is C20H28N4S. The molecule has 0 aliphatic carbocycles. The summed E-state index contributed by atoms with van der Waals surface area (Å²) < 4.78 is 0. The van der Waals surface area contributed by atoms with Crippen LogP contribution >= 0.6 is 11.8 Å². The summed E-state index contributed by atoms with van der Waals surface area (Å²) in [7, 11) is 0. The molecule has 0 saturated carbocycles. The largest absolute Gasteiger partial charge is 0.385 e. The summed E-state index contributed by atoms with van der Waals surface area (Å²) in [5.74, 6) is 0.687. The van der Waals surface area contributed by atoms with Crippen LogP contribution in [0.1, 0.15) is 25.8 Å². The van der Waals surface area contributed by atoms with Gasteiger partial charge in [0.15, 0.2) is 0 Å². The predicted molar refractivity (Wildman–Crippen MR) is 110 cm³/mol. The summed E-state index contributed by atoms with van der Waals surface area (Å²) in [4.78, 5) is 8.02. The lowest BCUT2D eigenvalue weighted by Gasteiger charge is -2.21. The van der Waals surface area contributed by atoms with Gasteiger partial charge in [0.25, 0.3) is 0 Å². The van der Waals surface area contributed by atoms with E-state index in [9.17, 15) is 0 Å². The van der Waals surface area contributed by atoms with Gasteiger partial charge in [-0.2, -0.15) is 0 Å². The molecule has 4 nitrogen and oxygen atoms in total. The normalized spacial score (nSPS) is 17.7. The van der Waals surface area contributed by atoms with Crippen molar-refractivity contribution in [3.8, 4) is 0 Å². The number of allylic oxidation sites excluding steroid dienone is 2. The van der Waals surface area contributed by atoms with Gasteiger partial charge in [0.05, 0.1) is 0 Å². The summed E-state index contributed by atoms with van der Waals surface area (Å²) in [5, 5.41) is 4.28. The fourth-order valence-electron chi connectivity index (χ4n) is 2.61. The maximum atomic E-state index is 6.27. The quantitative estimate of drug-likeness (QED) is 0.706. The molecule has 0 fully saturated rings. The number of nitrogens with zero attached hydrogens (tertiary/aromatic N) is 2. The number of thioether (sulfide) groups is 1. The summed E-state index contributed by atoms with van der Waals surface area (Å²) in [6.45, 7) is 11.7. The first-order chi connectivity index (χ1) is 12.2. The smallest absolute Gasteiger partial charge is 0.111 e. The Kier molecular flexibility index (Phi) is 7.82. The van der Waals surface area contributed by atoms with Crippen LogP contribution in [-0.2, 0) is 6.54 Å². The van der Waals surface area contributed by atoms with Gasteiger partial charge in [-0.05, 0) is 29.5 Å². The number of benzene rings is 1. The van der Waals surface area contributed by atoms with E-state index < -0.39 is 0 Å². The van der Waals surface area contributed by atoms with Gasteiger partial charge in [-0.25, -0.2) is 4.99 Å². The third-order valence-corrected chi connectivity index (χ3v) is 5.24. The molecule has 25 heavy (non-hydrogen) atoms. The molecule has 0 unspecified atom stereocenters. The minimum absolute atomic E-state index is 0.687. The Morgan fingerprint density at radius 3 is 2.72 bits per heavy atom. The molecule has 1 aromatic carbocycles. The topological polar surface area (TPSA) is 53.6 Å². The van der Waals surface area contributed by atoms with E-state index in [0.717, 1.165) is 43.2 Å². The first kappa shape index (κ1) is 19.3. The van der Waals surface area contributed by atoms with Crippen LogP contribution in [0.3, 0.4) is 0 Å². The van der Waals surface area contributed by atoms with Crippen LogP contribution < -0.4 is 11.1 Å².